The van der Waals surface area contributed by atoms with Crippen molar-refractivity contribution in [2.24, 2.45) is 5.73 Å². The molecule has 2 aromatic heterocycles. The highest BCUT2D eigenvalue weighted by Crippen LogP contribution is 2.25. The lowest BCUT2D eigenvalue weighted by atomic mass is 9.99. The lowest BCUT2D eigenvalue weighted by Gasteiger charge is -2.42. The predicted molar refractivity (Wildman–Crippen MR) is 166 cm³/mol. The summed E-state index contributed by atoms with van der Waals surface area (Å²) in [5, 5.41) is 5.84. The summed E-state index contributed by atoms with van der Waals surface area (Å²) < 4.78 is 15.1. The molecule has 2 saturated heterocycles. The van der Waals surface area contributed by atoms with Gasteiger partial charge in [-0.25, -0.2) is 19.2 Å². The zero-order valence-electron chi connectivity index (χ0n) is 24.3. The molecule has 45 heavy (non-hydrogen) atoms. The van der Waals surface area contributed by atoms with Crippen LogP contribution in [0.15, 0.2) is 41.3 Å². The molecule has 0 radical (unpaired) electrons. The van der Waals surface area contributed by atoms with Crippen LogP contribution in [0.1, 0.15) is 22.8 Å². The first-order valence-corrected chi connectivity index (χ1v) is 14.3. The molecule has 0 bridgehead atoms. The highest BCUT2D eigenvalue weighted by atomic mass is 35.5. The van der Waals surface area contributed by atoms with E-state index >= 15 is 0 Å². The lowest BCUT2D eigenvalue weighted by molar-refractivity contribution is -0.144. The van der Waals surface area contributed by atoms with Gasteiger partial charge < -0.3 is 26.2 Å². The number of benzene rings is 1. The molecule has 2 fully saturated rings. The second kappa shape index (κ2) is 13.7. The molecule has 4 heterocycles. The van der Waals surface area contributed by atoms with Crippen LogP contribution in [0.25, 0.3) is 11.2 Å². The molecule has 1 aromatic carbocycles. The number of carbonyl (C=O) groups excluding carboxylic acids is 4. The Morgan fingerprint density at radius 3 is 2.49 bits per heavy atom. The minimum atomic E-state index is -1.51. The Morgan fingerprint density at radius 2 is 1.82 bits per heavy atom. The minimum Gasteiger partial charge on any atom is -0.353 e. The largest absolute Gasteiger partial charge is 0.353 e. The van der Waals surface area contributed by atoms with Crippen molar-refractivity contribution in [1.29, 1.82) is 0 Å². The first-order valence-electron chi connectivity index (χ1n) is 13.9. The van der Waals surface area contributed by atoms with Gasteiger partial charge in [0.25, 0.3) is 11.5 Å². The van der Waals surface area contributed by atoms with Crippen LogP contribution >= 0.6 is 24.0 Å². The van der Waals surface area contributed by atoms with E-state index in [0.29, 0.717) is 11.6 Å². The van der Waals surface area contributed by atoms with E-state index in [1.165, 1.54) is 33.9 Å². The highest BCUT2D eigenvalue weighted by Gasteiger charge is 2.41. The van der Waals surface area contributed by atoms with E-state index in [1.807, 2.05) is 0 Å². The van der Waals surface area contributed by atoms with Crippen LogP contribution in [0.5, 0.6) is 0 Å². The fourth-order valence-electron chi connectivity index (χ4n) is 5.02. The van der Waals surface area contributed by atoms with Gasteiger partial charge in [0, 0.05) is 37.7 Å². The van der Waals surface area contributed by atoms with Crippen molar-refractivity contribution in [3.8, 4) is 0 Å². The first kappa shape index (κ1) is 33.6. The highest BCUT2D eigenvalue weighted by molar-refractivity contribution is 6.30. The number of hydrogen-bond donors (Lipinski definition) is 3. The average Bonchev–Trinajstić information content (AvgIpc) is 3.35. The molecule has 5 rings (SSSR count). The van der Waals surface area contributed by atoms with Crippen molar-refractivity contribution in [1.82, 2.24) is 35.0 Å². The molecule has 2 aliphatic rings. The summed E-state index contributed by atoms with van der Waals surface area (Å²) in [4.78, 5) is 77.3. The first-order chi connectivity index (χ1) is 21.0. The molecule has 240 valence electrons. The third-order valence-electron chi connectivity index (χ3n) is 7.34. The standard InChI is InChI=1S/C28H31ClFN9O5.ClH/c1-28(30)15-37(16-28)23(41)14-39-24-20(10-19(26(39)43)25(42)34-12-17-2-4-18(29)5-3-17)35-21(13-33-24)38-9-8-36(27(38)44)7-6-32-22(40)11-31;/h2-5,10,13H,6-9,11-12,14-16,31H2,1H3,(H,32,40)(H,34,42);1H. The molecule has 0 aliphatic carbocycles. The maximum absolute atomic E-state index is 14.1. The third-order valence-corrected chi connectivity index (χ3v) is 7.59. The molecule has 0 spiro atoms. The van der Waals surface area contributed by atoms with E-state index in [1.54, 1.807) is 24.3 Å². The lowest BCUT2D eigenvalue weighted by Crippen LogP contribution is -2.60. The molecule has 14 nitrogen and oxygen atoms in total. The summed E-state index contributed by atoms with van der Waals surface area (Å²) in [7, 11) is 0. The molecule has 2 aliphatic heterocycles. The number of aromatic nitrogens is 3. The number of rotatable bonds is 10. The van der Waals surface area contributed by atoms with E-state index in [-0.39, 0.29) is 92.7 Å². The fourth-order valence-corrected chi connectivity index (χ4v) is 5.14. The Balaban J connectivity index is 0.00000461. The molecule has 0 saturated carbocycles. The molecule has 3 aromatic rings. The van der Waals surface area contributed by atoms with Crippen molar-refractivity contribution >= 4 is 64.7 Å². The van der Waals surface area contributed by atoms with Crippen LogP contribution < -0.4 is 26.8 Å². The van der Waals surface area contributed by atoms with Crippen molar-refractivity contribution in [2.45, 2.75) is 25.7 Å². The second-order valence-electron chi connectivity index (χ2n) is 10.8. The number of nitrogens with zero attached hydrogens (tertiary/aromatic N) is 6. The smallest absolute Gasteiger partial charge is 0.325 e. The zero-order valence-corrected chi connectivity index (χ0v) is 25.9. The molecule has 17 heteroatoms. The fraction of sp³-hybridized carbons (Fsp3) is 0.393. The third kappa shape index (κ3) is 7.49. The van der Waals surface area contributed by atoms with Gasteiger partial charge in [-0.2, -0.15) is 0 Å². The molecular weight excluding hydrogens is 632 g/mol. The van der Waals surface area contributed by atoms with Crippen molar-refractivity contribution in [3.05, 3.63) is 63.0 Å². The van der Waals surface area contributed by atoms with Gasteiger partial charge in [-0.15, -0.1) is 12.4 Å². The van der Waals surface area contributed by atoms with Crippen LogP contribution in [0.2, 0.25) is 5.02 Å². The van der Waals surface area contributed by atoms with Gasteiger partial charge in [0.15, 0.2) is 11.5 Å². The Labute approximate surface area is 268 Å². The summed E-state index contributed by atoms with van der Waals surface area (Å²) in [5.41, 5.74) is 3.61. The average molecular weight is 665 g/mol. The number of hydrogen-bond acceptors (Lipinski definition) is 8. The van der Waals surface area contributed by atoms with Gasteiger partial charge in [0.05, 0.1) is 25.8 Å². The van der Waals surface area contributed by atoms with E-state index in [4.69, 9.17) is 17.3 Å². The van der Waals surface area contributed by atoms with Gasteiger partial charge in [-0.3, -0.25) is 28.6 Å². The Morgan fingerprint density at radius 1 is 1.11 bits per heavy atom. The van der Waals surface area contributed by atoms with Crippen LogP contribution in [-0.2, 0) is 22.7 Å². The number of alkyl halides is 1. The van der Waals surface area contributed by atoms with Gasteiger partial charge in [0.2, 0.25) is 11.8 Å². The Bertz CT molecular complexity index is 1680. The zero-order chi connectivity index (χ0) is 31.6. The number of fused-ring (bicyclic) bond motifs is 1. The number of urea groups is 1. The Hall–Kier alpha value is -4.34. The number of halogens is 3. The van der Waals surface area contributed by atoms with Gasteiger partial charge in [-0.1, -0.05) is 23.7 Å². The van der Waals surface area contributed by atoms with Gasteiger partial charge in [0.1, 0.15) is 23.3 Å². The summed E-state index contributed by atoms with van der Waals surface area (Å²) in [6, 6.07) is 7.71. The molecule has 0 unspecified atom stereocenters. The molecule has 4 N–H and O–H groups in total. The maximum atomic E-state index is 14.1. The molecule has 0 atom stereocenters. The van der Waals surface area contributed by atoms with E-state index in [9.17, 15) is 28.4 Å². The number of amides is 5. The minimum absolute atomic E-state index is 0. The van der Waals surface area contributed by atoms with Crippen molar-refractivity contribution in [2.75, 3.05) is 50.7 Å². The van der Waals surface area contributed by atoms with Crippen LogP contribution in [0, 0.1) is 0 Å². The Kier molecular flexibility index (Phi) is 10.3. The topological polar surface area (TPSA) is 176 Å². The molecule has 5 amide bonds. The number of nitrogens with two attached hydrogens (primary N) is 1. The van der Waals surface area contributed by atoms with Crippen LogP contribution in [-0.4, -0.2) is 99.6 Å². The monoisotopic (exact) mass is 663 g/mol. The van der Waals surface area contributed by atoms with Gasteiger partial charge >= 0.3 is 6.03 Å². The number of nitrogens with one attached hydrogen (secondary N) is 2. The van der Waals surface area contributed by atoms with Crippen LogP contribution in [0.4, 0.5) is 15.0 Å². The normalized spacial score (nSPS) is 15.5. The number of anilines is 1. The molecular formula is C28H32Cl2FN9O5. The van der Waals surface area contributed by atoms with Crippen LogP contribution in [0.3, 0.4) is 0 Å². The van der Waals surface area contributed by atoms with Crippen molar-refractivity contribution < 1.29 is 23.6 Å². The summed E-state index contributed by atoms with van der Waals surface area (Å²) in [5.74, 6) is -1.38. The van der Waals surface area contributed by atoms with E-state index in [0.717, 1.165) is 10.1 Å². The maximum Gasteiger partial charge on any atom is 0.325 e. The van der Waals surface area contributed by atoms with Crippen molar-refractivity contribution in [3.63, 3.8) is 0 Å². The van der Waals surface area contributed by atoms with E-state index < -0.39 is 29.6 Å². The van der Waals surface area contributed by atoms with E-state index in [2.05, 4.69) is 20.6 Å². The second-order valence-corrected chi connectivity index (χ2v) is 11.3. The summed E-state index contributed by atoms with van der Waals surface area (Å²) in [6.45, 7) is 1.76. The number of pyridine rings is 1. The predicted octanol–water partition coefficient (Wildman–Crippen LogP) is 0.684. The SMILES string of the molecule is CC1(F)CN(C(=O)Cn2c(=O)c(C(=O)NCc3ccc(Cl)cc3)cc3nc(N4CCN(CCNC(=O)CN)C4=O)cnc32)C1.Cl. The summed E-state index contributed by atoms with van der Waals surface area (Å²) >= 11 is 5.93. The number of likely N-dealkylation sites (tertiary alicyclic amines) is 1. The number of carbonyl (C=O) groups is 4. The quantitative estimate of drug-likeness (QED) is 0.284. The summed E-state index contributed by atoms with van der Waals surface area (Å²) in [6.07, 6.45) is 1.31. The van der Waals surface area contributed by atoms with Gasteiger partial charge in [-0.05, 0) is 30.7 Å².